The third-order valence-electron chi connectivity index (χ3n) is 3.92. The van der Waals surface area contributed by atoms with Gasteiger partial charge in [-0.25, -0.2) is 4.79 Å². The molecule has 0 aromatic heterocycles. The average Bonchev–Trinajstić information content (AvgIpc) is 2.43. The van der Waals surface area contributed by atoms with Gasteiger partial charge in [0, 0.05) is 14.1 Å². The van der Waals surface area contributed by atoms with Crippen LogP contribution in [0.3, 0.4) is 0 Å². The minimum absolute atomic E-state index is 0.331. The molecule has 0 N–H and O–H groups in total. The molecule has 0 aromatic carbocycles. The molecule has 0 spiro atoms. The quantitative estimate of drug-likeness (QED) is 0.695. The summed E-state index contributed by atoms with van der Waals surface area (Å²) < 4.78 is 0. The van der Waals surface area contributed by atoms with Gasteiger partial charge in [-0.3, -0.25) is 19.4 Å². The van der Waals surface area contributed by atoms with Gasteiger partial charge in [0.25, 0.3) is 0 Å². The molecule has 4 amide bonds. The lowest BCUT2D eigenvalue weighted by Gasteiger charge is -2.41. The number of nitrogens with zero attached hydrogens (tertiary/aromatic N) is 2. The molecule has 1 saturated heterocycles. The van der Waals surface area contributed by atoms with Crippen molar-refractivity contribution in [3.05, 3.63) is 0 Å². The van der Waals surface area contributed by atoms with Crippen molar-refractivity contribution in [2.24, 2.45) is 5.41 Å². The van der Waals surface area contributed by atoms with E-state index >= 15 is 0 Å². The van der Waals surface area contributed by atoms with Gasteiger partial charge in [-0.15, -0.1) is 0 Å². The number of carbonyl (C=O) groups excluding carboxylic acids is 3. The zero-order valence-corrected chi connectivity index (χ0v) is 12.4. The first-order valence-corrected chi connectivity index (χ1v) is 7.02. The van der Waals surface area contributed by atoms with Crippen molar-refractivity contribution < 1.29 is 14.4 Å². The van der Waals surface area contributed by atoms with E-state index in [2.05, 4.69) is 0 Å². The number of hydrogen-bond acceptors (Lipinski definition) is 3. The lowest BCUT2D eigenvalue weighted by molar-refractivity contribution is -0.158. The highest BCUT2D eigenvalue weighted by Gasteiger charge is 2.54. The molecule has 0 radical (unpaired) electrons. The van der Waals surface area contributed by atoms with Gasteiger partial charge in [-0.05, 0) is 12.8 Å². The number of unbranched alkanes of at least 4 members (excludes halogenated alkanes) is 2. The summed E-state index contributed by atoms with van der Waals surface area (Å²) in [5.74, 6) is -0.662. The summed E-state index contributed by atoms with van der Waals surface area (Å²) in [5.41, 5.74) is -1.02. The molecule has 0 atom stereocenters. The van der Waals surface area contributed by atoms with Gasteiger partial charge in [0.15, 0.2) is 0 Å². The van der Waals surface area contributed by atoms with Crippen molar-refractivity contribution in [1.82, 2.24) is 9.80 Å². The topological polar surface area (TPSA) is 57.7 Å². The smallest absolute Gasteiger partial charge is 0.273 e. The van der Waals surface area contributed by atoms with Crippen molar-refractivity contribution in [1.29, 1.82) is 0 Å². The molecule has 108 valence electrons. The molecule has 1 aliphatic heterocycles. The Morgan fingerprint density at radius 3 is 1.53 bits per heavy atom. The van der Waals surface area contributed by atoms with Gasteiger partial charge < -0.3 is 0 Å². The first-order valence-electron chi connectivity index (χ1n) is 7.02. The van der Waals surface area contributed by atoms with E-state index < -0.39 is 11.4 Å². The Labute approximate surface area is 114 Å². The monoisotopic (exact) mass is 268 g/mol. The highest BCUT2D eigenvalue weighted by molar-refractivity contribution is 6.18. The molecule has 0 bridgehead atoms. The molecule has 0 aromatic rings. The van der Waals surface area contributed by atoms with Crippen LogP contribution in [0.15, 0.2) is 0 Å². The third-order valence-corrected chi connectivity index (χ3v) is 3.92. The standard InChI is InChI=1S/C14H24N2O3/c1-5-7-9-14(10-8-6-2)11(17)15(3)13(19)16(4)12(14)18/h5-10H2,1-4H3. The summed E-state index contributed by atoms with van der Waals surface area (Å²) in [6, 6.07) is -0.529. The third kappa shape index (κ3) is 2.65. The van der Waals surface area contributed by atoms with Crippen LogP contribution in [0, 0.1) is 5.41 Å². The molecule has 0 saturated carbocycles. The summed E-state index contributed by atoms with van der Waals surface area (Å²) >= 11 is 0. The van der Waals surface area contributed by atoms with Gasteiger partial charge in [-0.2, -0.15) is 0 Å². The van der Waals surface area contributed by atoms with Gasteiger partial charge in [-0.1, -0.05) is 39.5 Å². The maximum Gasteiger partial charge on any atom is 0.332 e. The van der Waals surface area contributed by atoms with Gasteiger partial charge in [0.05, 0.1) is 0 Å². The maximum atomic E-state index is 12.5. The lowest BCUT2D eigenvalue weighted by Crippen LogP contribution is -2.63. The summed E-state index contributed by atoms with van der Waals surface area (Å²) in [7, 11) is 2.92. The van der Waals surface area contributed by atoms with Crippen molar-refractivity contribution in [2.45, 2.75) is 52.4 Å². The fraction of sp³-hybridized carbons (Fsp3) is 0.786. The zero-order chi connectivity index (χ0) is 14.6. The van der Waals surface area contributed by atoms with Crippen LogP contribution in [-0.2, 0) is 9.59 Å². The fourth-order valence-corrected chi connectivity index (χ4v) is 2.64. The molecule has 1 rings (SSSR count). The van der Waals surface area contributed by atoms with Crippen LogP contribution in [-0.4, -0.2) is 41.7 Å². The molecule has 1 aliphatic rings. The molecular formula is C14H24N2O3. The predicted molar refractivity (Wildman–Crippen MR) is 72.4 cm³/mol. The minimum Gasteiger partial charge on any atom is -0.273 e. The summed E-state index contributed by atoms with van der Waals surface area (Å²) in [6.45, 7) is 4.06. The molecule has 19 heavy (non-hydrogen) atoms. The molecule has 0 aliphatic carbocycles. The summed E-state index contributed by atoms with van der Waals surface area (Å²) in [4.78, 5) is 38.9. The second-order valence-corrected chi connectivity index (χ2v) is 5.30. The van der Waals surface area contributed by atoms with Crippen molar-refractivity contribution in [3.8, 4) is 0 Å². The van der Waals surface area contributed by atoms with Gasteiger partial charge in [0.1, 0.15) is 5.41 Å². The minimum atomic E-state index is -1.02. The first kappa shape index (κ1) is 15.7. The number of amides is 4. The fourth-order valence-electron chi connectivity index (χ4n) is 2.64. The van der Waals surface area contributed by atoms with E-state index in [0.29, 0.717) is 12.8 Å². The Morgan fingerprint density at radius 1 is 0.842 bits per heavy atom. The van der Waals surface area contributed by atoms with E-state index in [1.165, 1.54) is 14.1 Å². The van der Waals surface area contributed by atoms with Crippen LogP contribution < -0.4 is 0 Å². The molecule has 5 nitrogen and oxygen atoms in total. The molecular weight excluding hydrogens is 244 g/mol. The van der Waals surface area contributed by atoms with Crippen LogP contribution in [0.2, 0.25) is 0 Å². The van der Waals surface area contributed by atoms with Crippen LogP contribution in [0.4, 0.5) is 4.79 Å². The first-order chi connectivity index (χ1) is 8.92. The van der Waals surface area contributed by atoms with Crippen molar-refractivity contribution in [2.75, 3.05) is 14.1 Å². The van der Waals surface area contributed by atoms with Gasteiger partial charge >= 0.3 is 6.03 Å². The van der Waals surface area contributed by atoms with E-state index in [4.69, 9.17) is 0 Å². The Bertz CT molecular complexity index is 345. The summed E-state index contributed by atoms with van der Waals surface area (Å²) in [6.07, 6.45) is 4.55. The highest BCUT2D eigenvalue weighted by atomic mass is 16.2. The maximum absolute atomic E-state index is 12.5. The summed E-state index contributed by atoms with van der Waals surface area (Å²) in [5, 5.41) is 0. The van der Waals surface area contributed by atoms with Crippen LogP contribution in [0.5, 0.6) is 0 Å². The average molecular weight is 268 g/mol. The van der Waals surface area contributed by atoms with E-state index in [1.54, 1.807) is 0 Å². The Hall–Kier alpha value is -1.39. The second kappa shape index (κ2) is 6.17. The highest BCUT2D eigenvalue weighted by Crippen LogP contribution is 2.38. The molecule has 1 fully saturated rings. The largest absolute Gasteiger partial charge is 0.332 e. The number of barbiturate groups is 1. The van der Waals surface area contributed by atoms with Crippen molar-refractivity contribution >= 4 is 17.8 Å². The number of urea groups is 1. The van der Waals surface area contributed by atoms with Crippen LogP contribution >= 0.6 is 0 Å². The van der Waals surface area contributed by atoms with Crippen molar-refractivity contribution in [3.63, 3.8) is 0 Å². The predicted octanol–water partition coefficient (Wildman–Crippen LogP) is 2.40. The second-order valence-electron chi connectivity index (χ2n) is 5.30. The SMILES string of the molecule is CCCCC1(CCCC)C(=O)N(C)C(=O)N(C)C1=O. The van der Waals surface area contributed by atoms with E-state index in [0.717, 1.165) is 35.5 Å². The number of carbonyl (C=O) groups is 3. The number of imide groups is 2. The Balaban J connectivity index is 3.12. The Morgan fingerprint density at radius 2 is 1.21 bits per heavy atom. The lowest BCUT2D eigenvalue weighted by atomic mass is 9.74. The Kier molecular flexibility index (Phi) is 5.09. The molecule has 5 heteroatoms. The van der Waals surface area contributed by atoms with Crippen LogP contribution in [0.1, 0.15) is 52.4 Å². The number of hydrogen-bond donors (Lipinski definition) is 0. The van der Waals surface area contributed by atoms with E-state index in [1.807, 2.05) is 13.8 Å². The molecule has 1 heterocycles. The van der Waals surface area contributed by atoms with Crippen LogP contribution in [0.25, 0.3) is 0 Å². The van der Waals surface area contributed by atoms with E-state index in [-0.39, 0.29) is 11.8 Å². The number of rotatable bonds is 6. The normalized spacial score (nSPS) is 19.3. The molecule has 0 unspecified atom stereocenters. The van der Waals surface area contributed by atoms with Gasteiger partial charge in [0.2, 0.25) is 11.8 Å². The van der Waals surface area contributed by atoms with E-state index in [9.17, 15) is 14.4 Å². The zero-order valence-electron chi connectivity index (χ0n) is 12.4.